The molecule has 41 heavy (non-hydrogen) atoms. The summed E-state index contributed by atoms with van der Waals surface area (Å²) < 4.78 is 47.0. The van der Waals surface area contributed by atoms with Crippen LogP contribution in [0.25, 0.3) is 11.3 Å². The predicted octanol–water partition coefficient (Wildman–Crippen LogP) is 4.62. The van der Waals surface area contributed by atoms with E-state index in [-0.39, 0.29) is 41.0 Å². The Bertz CT molecular complexity index is 1370. The molecule has 1 amide bonds. The van der Waals surface area contributed by atoms with Gasteiger partial charge in [-0.3, -0.25) is 9.78 Å². The Labute approximate surface area is 240 Å². The summed E-state index contributed by atoms with van der Waals surface area (Å²) in [5, 5.41) is 13.8. The van der Waals surface area contributed by atoms with Crippen molar-refractivity contribution in [2.75, 3.05) is 25.6 Å². The van der Waals surface area contributed by atoms with E-state index in [1.807, 2.05) is 13.0 Å². The molecule has 5 atom stereocenters. The van der Waals surface area contributed by atoms with Crippen LogP contribution in [-0.2, 0) is 9.47 Å². The molecular weight excluding hydrogens is 551 g/mol. The highest BCUT2D eigenvalue weighted by atomic mass is 31.0. The van der Waals surface area contributed by atoms with Crippen molar-refractivity contribution in [3.63, 3.8) is 0 Å². The molecule has 3 aromatic rings. The molecule has 2 fully saturated rings. The zero-order chi connectivity index (χ0) is 29.1. The molecule has 1 aromatic carbocycles. The molecule has 2 aliphatic rings. The van der Waals surface area contributed by atoms with Crippen molar-refractivity contribution in [3.05, 3.63) is 65.6 Å². The molecule has 5 unspecified atom stereocenters. The number of ether oxygens (including phenoxy) is 3. The van der Waals surface area contributed by atoms with Crippen LogP contribution in [0.5, 0.6) is 5.75 Å². The van der Waals surface area contributed by atoms with Gasteiger partial charge in [-0.15, -0.1) is 9.24 Å². The molecule has 5 rings (SSSR count). The van der Waals surface area contributed by atoms with E-state index in [9.17, 15) is 14.3 Å². The number of aliphatic hydroxyl groups excluding tert-OH is 1. The smallest absolute Gasteiger partial charge is 0.274 e. The summed E-state index contributed by atoms with van der Waals surface area (Å²) in [6.45, 7) is 3.19. The lowest BCUT2D eigenvalue weighted by Gasteiger charge is -2.37. The zero-order valence-electron chi connectivity index (χ0n) is 23.0. The lowest BCUT2D eigenvalue weighted by atomic mass is 9.75. The number of halogens is 2. The number of benzene rings is 1. The van der Waals surface area contributed by atoms with E-state index >= 15 is 4.39 Å². The largest absolute Gasteiger partial charge is 0.490 e. The molecule has 8 nitrogen and oxygen atoms in total. The fourth-order valence-electron chi connectivity index (χ4n) is 5.83. The quantitative estimate of drug-likeness (QED) is 0.390. The first-order valence-electron chi connectivity index (χ1n) is 13.7. The Balaban J connectivity index is 1.37. The van der Waals surface area contributed by atoms with Gasteiger partial charge in [0.05, 0.1) is 37.3 Å². The first-order valence-corrected chi connectivity index (χ1v) is 14.3. The van der Waals surface area contributed by atoms with E-state index in [0.29, 0.717) is 49.2 Å². The van der Waals surface area contributed by atoms with Crippen molar-refractivity contribution >= 4 is 26.1 Å². The zero-order valence-corrected chi connectivity index (χ0v) is 24.1. The normalized spacial score (nSPS) is 23.3. The number of carbonyl (C=O) groups excluding carboxylic acids is 1. The van der Waals surface area contributed by atoms with E-state index < -0.39 is 23.6 Å². The highest BCUT2D eigenvalue weighted by Gasteiger charge is 2.36. The first kappa shape index (κ1) is 29.5. The van der Waals surface area contributed by atoms with Crippen LogP contribution < -0.4 is 15.4 Å². The average Bonchev–Trinajstić information content (AvgIpc) is 2.94. The minimum atomic E-state index is -0.762. The number of pyridine rings is 2. The summed E-state index contributed by atoms with van der Waals surface area (Å²) in [6.07, 6.45) is 4.83. The minimum absolute atomic E-state index is 0.0305. The number of anilines is 1. The fourth-order valence-corrected chi connectivity index (χ4v) is 6.27. The van der Waals surface area contributed by atoms with Gasteiger partial charge < -0.3 is 24.6 Å². The molecule has 3 heterocycles. The molecule has 0 radical (unpaired) electrons. The van der Waals surface area contributed by atoms with Gasteiger partial charge in [0.25, 0.3) is 5.91 Å². The molecule has 1 saturated carbocycles. The lowest BCUT2D eigenvalue weighted by molar-refractivity contribution is -0.0697. The van der Waals surface area contributed by atoms with Gasteiger partial charge in [0.15, 0.2) is 0 Å². The van der Waals surface area contributed by atoms with Crippen LogP contribution in [0.2, 0.25) is 0 Å². The molecule has 2 N–H and O–H groups in total. The average molecular weight is 586 g/mol. The SMILES string of the molecule is COC1C(C)CC(c2ccncc2NC(=O)c2ccc(F)c(-c3c(F)cc(OC4CCOCC4)cc3P)n2)CC1O. The van der Waals surface area contributed by atoms with Gasteiger partial charge in [0.2, 0.25) is 0 Å². The van der Waals surface area contributed by atoms with Gasteiger partial charge in [-0.1, -0.05) is 6.92 Å². The number of hydrogen-bond donors (Lipinski definition) is 2. The Hall–Kier alpha value is -3.04. The third-order valence-corrected chi connectivity index (χ3v) is 8.27. The van der Waals surface area contributed by atoms with Gasteiger partial charge in [-0.25, -0.2) is 13.8 Å². The number of methoxy groups -OCH3 is 1. The maximum absolute atomic E-state index is 15.3. The molecule has 0 spiro atoms. The van der Waals surface area contributed by atoms with Crippen molar-refractivity contribution in [1.82, 2.24) is 9.97 Å². The van der Waals surface area contributed by atoms with Crippen molar-refractivity contribution in [1.29, 1.82) is 0 Å². The van der Waals surface area contributed by atoms with Crippen LogP contribution >= 0.6 is 9.24 Å². The van der Waals surface area contributed by atoms with Crippen LogP contribution in [0.4, 0.5) is 14.5 Å². The number of aliphatic hydroxyl groups is 1. The van der Waals surface area contributed by atoms with Crippen LogP contribution in [0.15, 0.2) is 42.7 Å². The molecular formula is C30H34F2N3O5P. The number of nitrogens with one attached hydrogen (secondary N) is 1. The Morgan fingerprint density at radius 1 is 1.15 bits per heavy atom. The highest BCUT2D eigenvalue weighted by molar-refractivity contribution is 7.28. The number of carbonyl (C=O) groups is 1. The van der Waals surface area contributed by atoms with Crippen LogP contribution in [0.3, 0.4) is 0 Å². The summed E-state index contributed by atoms with van der Waals surface area (Å²) >= 11 is 0. The Kier molecular flexibility index (Phi) is 9.24. The number of aromatic nitrogens is 2. The number of nitrogens with zero attached hydrogens (tertiary/aromatic N) is 2. The topological polar surface area (TPSA) is 103 Å². The molecule has 1 aliphatic heterocycles. The third kappa shape index (κ3) is 6.56. The monoisotopic (exact) mass is 585 g/mol. The van der Waals surface area contributed by atoms with Gasteiger partial charge in [0, 0.05) is 37.8 Å². The standard InChI is InChI=1S/C30H34F2N3O5P/c1-16-11-17(12-25(36)29(16)38-2)20-5-8-33-15-24(20)35-30(37)23-4-3-21(31)28(34-23)27-22(32)13-19(14-26(27)41)40-18-6-9-39-10-7-18/h3-5,8,13-18,25,29,36H,6-7,9-12,41H2,1-2H3,(H,35,37). The summed E-state index contributed by atoms with van der Waals surface area (Å²) in [6, 6.07) is 6.99. The fraction of sp³-hybridized carbons (Fsp3) is 0.433. The molecule has 0 bridgehead atoms. The Morgan fingerprint density at radius 2 is 1.93 bits per heavy atom. The Morgan fingerprint density at radius 3 is 2.63 bits per heavy atom. The molecule has 2 aromatic heterocycles. The second-order valence-corrected chi connectivity index (χ2v) is 11.3. The molecule has 1 aliphatic carbocycles. The highest BCUT2D eigenvalue weighted by Crippen LogP contribution is 2.40. The summed E-state index contributed by atoms with van der Waals surface area (Å²) in [5.74, 6) is -1.65. The second-order valence-electron chi connectivity index (χ2n) is 10.7. The van der Waals surface area contributed by atoms with Crippen LogP contribution in [0.1, 0.15) is 54.6 Å². The van der Waals surface area contributed by atoms with E-state index in [1.54, 1.807) is 19.4 Å². The number of hydrogen-bond acceptors (Lipinski definition) is 7. The summed E-state index contributed by atoms with van der Waals surface area (Å²) in [7, 11) is 3.99. The van der Waals surface area contributed by atoms with E-state index in [2.05, 4.69) is 24.5 Å². The van der Waals surface area contributed by atoms with Gasteiger partial charge in [-0.05, 0) is 59.8 Å². The second kappa shape index (κ2) is 12.9. The number of rotatable bonds is 7. The molecule has 11 heteroatoms. The van der Waals surface area contributed by atoms with Crippen LogP contribution in [-0.4, -0.2) is 59.6 Å². The maximum Gasteiger partial charge on any atom is 0.274 e. The predicted molar refractivity (Wildman–Crippen MR) is 154 cm³/mol. The van der Waals surface area contributed by atoms with Gasteiger partial charge >= 0.3 is 0 Å². The van der Waals surface area contributed by atoms with E-state index in [1.165, 1.54) is 18.3 Å². The molecule has 1 saturated heterocycles. The van der Waals surface area contributed by atoms with Crippen molar-refractivity contribution in [2.45, 2.75) is 56.8 Å². The van der Waals surface area contributed by atoms with Crippen molar-refractivity contribution in [3.8, 4) is 17.0 Å². The van der Waals surface area contributed by atoms with Gasteiger partial charge in [0.1, 0.15) is 34.9 Å². The first-order chi connectivity index (χ1) is 19.7. The van der Waals surface area contributed by atoms with E-state index in [4.69, 9.17) is 14.2 Å². The molecule has 218 valence electrons. The van der Waals surface area contributed by atoms with Crippen molar-refractivity contribution < 1.29 is 32.9 Å². The van der Waals surface area contributed by atoms with Crippen molar-refractivity contribution in [2.24, 2.45) is 5.92 Å². The van der Waals surface area contributed by atoms with E-state index in [0.717, 1.165) is 18.1 Å². The summed E-state index contributed by atoms with van der Waals surface area (Å²) in [5.41, 5.74) is 0.868. The van der Waals surface area contributed by atoms with Crippen LogP contribution in [0, 0.1) is 17.6 Å². The number of amides is 1. The third-order valence-electron chi connectivity index (χ3n) is 7.82. The maximum atomic E-state index is 15.3. The summed E-state index contributed by atoms with van der Waals surface area (Å²) in [4.78, 5) is 21.7. The minimum Gasteiger partial charge on any atom is -0.490 e. The van der Waals surface area contributed by atoms with Gasteiger partial charge in [-0.2, -0.15) is 0 Å². The lowest BCUT2D eigenvalue weighted by Crippen LogP contribution is -2.40.